The van der Waals surface area contributed by atoms with Crippen molar-refractivity contribution in [3.63, 3.8) is 0 Å². The quantitative estimate of drug-likeness (QED) is 0.760. The number of carbonyl (C=O) groups excluding carboxylic acids is 1. The van der Waals surface area contributed by atoms with Crippen LogP contribution >= 0.6 is 0 Å². The number of benzene rings is 2. The van der Waals surface area contributed by atoms with Gasteiger partial charge in [-0.1, -0.05) is 31.9 Å². The van der Waals surface area contributed by atoms with Crippen LogP contribution in [0.5, 0.6) is 0 Å². The molecule has 2 aromatic carbocycles. The van der Waals surface area contributed by atoms with Gasteiger partial charge in [0, 0.05) is 17.8 Å². The first-order chi connectivity index (χ1) is 13.0. The Morgan fingerprint density at radius 1 is 1.07 bits per heavy atom. The number of hydrogen-bond donors (Lipinski definition) is 2. The molecule has 0 spiro atoms. The third kappa shape index (κ3) is 4.76. The van der Waals surface area contributed by atoms with E-state index in [0.717, 1.165) is 50.0 Å². The van der Waals surface area contributed by atoms with Crippen LogP contribution in [0.4, 0.5) is 5.69 Å². The highest BCUT2D eigenvalue weighted by Gasteiger charge is 2.30. The van der Waals surface area contributed by atoms with Crippen molar-refractivity contribution in [3.05, 3.63) is 59.7 Å². The largest absolute Gasteiger partial charge is 0.322 e. The molecule has 3 rings (SSSR count). The number of hydrogen-bond acceptors (Lipinski definition) is 4. The van der Waals surface area contributed by atoms with Crippen molar-refractivity contribution in [2.75, 3.05) is 11.9 Å². The zero-order chi connectivity index (χ0) is 19.3. The lowest BCUT2D eigenvalue weighted by Gasteiger charge is -2.12. The normalized spacial score (nSPS) is 15.0. The van der Waals surface area contributed by atoms with Crippen LogP contribution in [-0.2, 0) is 16.4 Å². The highest BCUT2D eigenvalue weighted by atomic mass is 32.2. The summed E-state index contributed by atoms with van der Waals surface area (Å²) in [6, 6.07) is 13.9. The van der Waals surface area contributed by atoms with Crippen LogP contribution in [0.25, 0.3) is 0 Å². The van der Waals surface area contributed by atoms with Gasteiger partial charge in [-0.15, -0.1) is 0 Å². The molecule has 0 saturated heterocycles. The van der Waals surface area contributed by atoms with Crippen molar-refractivity contribution in [1.29, 1.82) is 0 Å². The Balaban J connectivity index is 1.69. The second-order valence-corrected chi connectivity index (χ2v) is 9.14. The van der Waals surface area contributed by atoms with Gasteiger partial charge in [0.2, 0.25) is 0 Å². The molecule has 27 heavy (non-hydrogen) atoms. The van der Waals surface area contributed by atoms with Crippen LogP contribution in [0, 0.1) is 0 Å². The summed E-state index contributed by atoms with van der Waals surface area (Å²) < 4.78 is 25.2. The van der Waals surface area contributed by atoms with Gasteiger partial charge in [-0.3, -0.25) is 4.79 Å². The summed E-state index contributed by atoms with van der Waals surface area (Å²) in [5.74, 6) is -0.250. The molecule has 0 aromatic heterocycles. The van der Waals surface area contributed by atoms with Crippen LogP contribution in [0.2, 0.25) is 0 Å². The maximum Gasteiger partial charge on any atom is 0.255 e. The summed E-state index contributed by atoms with van der Waals surface area (Å²) in [5.41, 5.74) is 2.25. The molecule has 1 saturated carbocycles. The summed E-state index contributed by atoms with van der Waals surface area (Å²) in [4.78, 5) is 12.8. The molecular formula is C21H26N2O3S. The van der Waals surface area contributed by atoms with Gasteiger partial charge >= 0.3 is 0 Å². The third-order valence-electron chi connectivity index (χ3n) is 4.95. The summed E-state index contributed by atoms with van der Waals surface area (Å²) in [7, 11) is -3.29. The van der Waals surface area contributed by atoms with Gasteiger partial charge in [0.25, 0.3) is 5.91 Å². The maximum absolute atomic E-state index is 12.6. The van der Waals surface area contributed by atoms with Gasteiger partial charge in [0.1, 0.15) is 0 Å². The lowest BCUT2D eigenvalue weighted by molar-refractivity contribution is 0.102. The Hall–Kier alpha value is -2.18. The second-order valence-electron chi connectivity index (χ2n) is 6.91. The van der Waals surface area contributed by atoms with Crippen molar-refractivity contribution in [1.82, 2.24) is 5.32 Å². The Morgan fingerprint density at radius 2 is 1.78 bits per heavy atom. The Bertz CT molecular complexity index is 886. The molecule has 0 heterocycles. The smallest absolute Gasteiger partial charge is 0.255 e. The van der Waals surface area contributed by atoms with E-state index < -0.39 is 9.84 Å². The van der Waals surface area contributed by atoms with Crippen molar-refractivity contribution in [3.8, 4) is 0 Å². The third-order valence-corrected chi connectivity index (χ3v) is 7.23. The fourth-order valence-corrected chi connectivity index (χ4v) is 5.27. The lowest BCUT2D eigenvalue weighted by Crippen LogP contribution is -2.18. The summed E-state index contributed by atoms with van der Waals surface area (Å²) >= 11 is 0. The van der Waals surface area contributed by atoms with E-state index in [-0.39, 0.29) is 11.2 Å². The molecule has 2 N–H and O–H groups in total. The van der Waals surface area contributed by atoms with Gasteiger partial charge in [0.05, 0.1) is 10.1 Å². The molecule has 1 aliphatic carbocycles. The molecule has 1 amide bonds. The Kier molecular flexibility index (Phi) is 6.29. The highest BCUT2D eigenvalue weighted by Crippen LogP contribution is 2.29. The minimum Gasteiger partial charge on any atom is -0.322 e. The SMILES string of the molecule is CCNCc1cccc(NC(=O)c2ccc(S(=O)(=O)C3CCCC3)cc2)c1. The molecular weight excluding hydrogens is 360 g/mol. The molecule has 0 atom stereocenters. The minimum atomic E-state index is -3.29. The predicted octanol–water partition coefficient (Wildman–Crippen LogP) is 3.76. The maximum atomic E-state index is 12.6. The van der Waals surface area contributed by atoms with E-state index in [9.17, 15) is 13.2 Å². The van der Waals surface area contributed by atoms with E-state index in [2.05, 4.69) is 10.6 Å². The van der Waals surface area contributed by atoms with Crippen molar-refractivity contribution >= 4 is 21.4 Å². The number of nitrogens with one attached hydrogen (secondary N) is 2. The Morgan fingerprint density at radius 3 is 2.44 bits per heavy atom. The molecule has 6 heteroatoms. The van der Waals surface area contributed by atoms with Crippen molar-refractivity contribution < 1.29 is 13.2 Å². The molecule has 0 radical (unpaired) electrons. The average molecular weight is 387 g/mol. The minimum absolute atomic E-state index is 0.250. The van der Waals surface area contributed by atoms with Gasteiger partial charge in [-0.2, -0.15) is 0 Å². The molecule has 0 aliphatic heterocycles. The summed E-state index contributed by atoms with van der Waals surface area (Å²) in [5, 5.41) is 5.84. The van der Waals surface area contributed by atoms with Gasteiger partial charge < -0.3 is 10.6 Å². The van der Waals surface area contributed by atoms with E-state index in [4.69, 9.17) is 0 Å². The van der Waals surface area contributed by atoms with Crippen molar-refractivity contribution in [2.24, 2.45) is 0 Å². The van der Waals surface area contributed by atoms with Crippen LogP contribution in [0.3, 0.4) is 0 Å². The number of rotatable bonds is 7. The monoisotopic (exact) mass is 386 g/mol. The van der Waals surface area contributed by atoms with Gasteiger partial charge in [-0.05, 0) is 61.3 Å². The first kappa shape index (κ1) is 19.6. The lowest BCUT2D eigenvalue weighted by atomic mass is 10.1. The van der Waals surface area contributed by atoms with Crippen LogP contribution in [0.15, 0.2) is 53.4 Å². The van der Waals surface area contributed by atoms with Crippen LogP contribution in [-0.4, -0.2) is 26.1 Å². The van der Waals surface area contributed by atoms with Crippen LogP contribution in [0.1, 0.15) is 48.5 Å². The Labute approximate surface area is 161 Å². The number of anilines is 1. The molecule has 0 unspecified atom stereocenters. The topological polar surface area (TPSA) is 75.3 Å². The van der Waals surface area contributed by atoms with E-state index in [0.29, 0.717) is 10.5 Å². The predicted molar refractivity (Wildman–Crippen MR) is 108 cm³/mol. The highest BCUT2D eigenvalue weighted by molar-refractivity contribution is 7.92. The zero-order valence-electron chi connectivity index (χ0n) is 15.6. The summed E-state index contributed by atoms with van der Waals surface area (Å²) in [6.07, 6.45) is 3.40. The number of sulfone groups is 1. The van der Waals surface area contributed by atoms with E-state index in [1.165, 1.54) is 0 Å². The van der Waals surface area contributed by atoms with E-state index >= 15 is 0 Å². The molecule has 0 bridgehead atoms. The fraction of sp³-hybridized carbons (Fsp3) is 0.381. The fourth-order valence-electron chi connectivity index (χ4n) is 3.42. The summed E-state index contributed by atoms with van der Waals surface area (Å²) in [6.45, 7) is 3.67. The van der Waals surface area contributed by atoms with Gasteiger partial charge in [-0.25, -0.2) is 8.42 Å². The number of amides is 1. The van der Waals surface area contributed by atoms with E-state index in [1.54, 1.807) is 24.3 Å². The average Bonchev–Trinajstić information content (AvgIpc) is 3.22. The van der Waals surface area contributed by atoms with Gasteiger partial charge in [0.15, 0.2) is 9.84 Å². The zero-order valence-corrected chi connectivity index (χ0v) is 16.4. The molecule has 1 fully saturated rings. The van der Waals surface area contributed by atoms with Crippen molar-refractivity contribution in [2.45, 2.75) is 49.3 Å². The molecule has 144 valence electrons. The molecule has 5 nitrogen and oxygen atoms in total. The molecule has 1 aliphatic rings. The van der Waals surface area contributed by atoms with Crippen LogP contribution < -0.4 is 10.6 Å². The van der Waals surface area contributed by atoms with E-state index in [1.807, 2.05) is 31.2 Å². The molecule has 2 aromatic rings. The standard InChI is InChI=1S/C21H26N2O3S/c1-2-22-15-16-6-5-7-18(14-16)23-21(24)17-10-12-20(13-11-17)27(25,26)19-8-3-4-9-19/h5-7,10-14,19,22H,2-4,8-9,15H2,1H3,(H,23,24). The second kappa shape index (κ2) is 8.67. The first-order valence-corrected chi connectivity index (χ1v) is 11.0. The first-order valence-electron chi connectivity index (χ1n) is 9.45. The number of carbonyl (C=O) groups is 1.